The van der Waals surface area contributed by atoms with Crippen LogP contribution in [0.5, 0.6) is 0 Å². The molecule has 3 aromatic rings. The lowest BCUT2D eigenvalue weighted by molar-refractivity contribution is 0.0594. The molecular formula is C19H17N5O3. The number of pyridine rings is 1. The number of carbonyl (C=O) groups is 2. The number of aromatic amines is 1. The molecule has 0 aliphatic carbocycles. The molecule has 0 fully saturated rings. The van der Waals surface area contributed by atoms with Gasteiger partial charge in [-0.2, -0.15) is 10.2 Å². The van der Waals surface area contributed by atoms with Crippen molar-refractivity contribution in [3.8, 4) is 11.3 Å². The van der Waals surface area contributed by atoms with Crippen molar-refractivity contribution in [1.29, 1.82) is 0 Å². The Bertz CT molecular complexity index is 1000. The second-order valence-electron chi connectivity index (χ2n) is 6.19. The number of esters is 1. The van der Waals surface area contributed by atoms with Crippen LogP contribution in [-0.4, -0.2) is 50.6 Å². The highest BCUT2D eigenvalue weighted by Gasteiger charge is 2.25. The summed E-state index contributed by atoms with van der Waals surface area (Å²) in [5.41, 5.74) is 4.16. The predicted octanol–water partition coefficient (Wildman–Crippen LogP) is 1.85. The van der Waals surface area contributed by atoms with Crippen molar-refractivity contribution < 1.29 is 14.3 Å². The van der Waals surface area contributed by atoms with Crippen molar-refractivity contribution in [1.82, 2.24) is 25.1 Å². The van der Waals surface area contributed by atoms with E-state index in [9.17, 15) is 9.59 Å². The number of ether oxygens (including phenoxy) is 1. The number of amides is 1. The zero-order chi connectivity index (χ0) is 18.8. The highest BCUT2D eigenvalue weighted by Crippen LogP contribution is 2.23. The van der Waals surface area contributed by atoms with Crippen LogP contribution in [0.4, 0.5) is 0 Å². The Morgan fingerprint density at radius 1 is 1.11 bits per heavy atom. The fraction of sp³-hybridized carbons (Fsp3) is 0.211. The highest BCUT2D eigenvalue weighted by molar-refractivity contribution is 5.95. The average Bonchev–Trinajstić information content (AvgIpc) is 3.22. The van der Waals surface area contributed by atoms with E-state index in [-0.39, 0.29) is 11.6 Å². The van der Waals surface area contributed by atoms with Crippen LogP contribution >= 0.6 is 0 Å². The molecular weight excluding hydrogens is 346 g/mol. The topological polar surface area (TPSA) is 101 Å². The first-order valence-electron chi connectivity index (χ1n) is 8.48. The zero-order valence-corrected chi connectivity index (χ0v) is 14.7. The molecule has 0 aromatic carbocycles. The minimum atomic E-state index is -0.504. The summed E-state index contributed by atoms with van der Waals surface area (Å²) >= 11 is 0. The lowest BCUT2D eigenvalue weighted by atomic mass is 10.0. The Labute approximate surface area is 155 Å². The molecule has 0 atom stereocenters. The molecule has 0 spiro atoms. The van der Waals surface area contributed by atoms with Crippen molar-refractivity contribution in [2.45, 2.75) is 13.0 Å². The van der Waals surface area contributed by atoms with Gasteiger partial charge in [-0.1, -0.05) is 0 Å². The van der Waals surface area contributed by atoms with Crippen LogP contribution in [-0.2, 0) is 17.7 Å². The van der Waals surface area contributed by atoms with Gasteiger partial charge in [0.2, 0.25) is 0 Å². The van der Waals surface area contributed by atoms with E-state index in [1.165, 1.54) is 7.11 Å². The molecule has 0 unspecified atom stereocenters. The number of fused-ring (bicyclic) bond motifs is 1. The third-order valence-corrected chi connectivity index (χ3v) is 4.52. The number of nitrogens with one attached hydrogen (secondary N) is 1. The lowest BCUT2D eigenvalue weighted by Crippen LogP contribution is -2.36. The Balaban J connectivity index is 1.56. The van der Waals surface area contributed by atoms with Gasteiger partial charge in [-0.15, -0.1) is 0 Å². The predicted molar refractivity (Wildman–Crippen MR) is 95.8 cm³/mol. The van der Waals surface area contributed by atoms with Crippen molar-refractivity contribution >= 4 is 11.9 Å². The minimum absolute atomic E-state index is 0.168. The van der Waals surface area contributed by atoms with Gasteiger partial charge in [-0.25, -0.2) is 4.79 Å². The maximum absolute atomic E-state index is 12.8. The number of hydrogen-bond donors (Lipinski definition) is 1. The zero-order valence-electron chi connectivity index (χ0n) is 14.7. The smallest absolute Gasteiger partial charge is 0.354 e. The number of aromatic nitrogens is 4. The van der Waals surface area contributed by atoms with E-state index < -0.39 is 5.97 Å². The Hall–Kier alpha value is -3.55. The quantitative estimate of drug-likeness (QED) is 0.713. The standard InChI is InChI=1S/C19H17N5O3/c1-27-19(26)16-3-2-15(21-16)18(25)24-9-6-14-13(11-24)10-17(23-22-14)12-4-7-20-8-5-12/h2-5,7-8,10,21H,6,9,11H2,1H3. The first kappa shape index (κ1) is 16.9. The molecule has 136 valence electrons. The van der Waals surface area contributed by atoms with Crippen molar-refractivity contribution in [2.24, 2.45) is 0 Å². The van der Waals surface area contributed by atoms with E-state index >= 15 is 0 Å². The molecule has 0 saturated carbocycles. The van der Waals surface area contributed by atoms with Crippen LogP contribution < -0.4 is 0 Å². The van der Waals surface area contributed by atoms with Gasteiger partial charge in [0.1, 0.15) is 11.4 Å². The number of carbonyl (C=O) groups excluding carboxylic acids is 2. The molecule has 1 amide bonds. The molecule has 8 nitrogen and oxygen atoms in total. The summed E-state index contributed by atoms with van der Waals surface area (Å²) in [6.07, 6.45) is 4.04. The molecule has 8 heteroatoms. The van der Waals surface area contributed by atoms with E-state index in [4.69, 9.17) is 0 Å². The molecule has 27 heavy (non-hydrogen) atoms. The number of H-pyrrole nitrogens is 1. The highest BCUT2D eigenvalue weighted by atomic mass is 16.5. The summed E-state index contributed by atoms with van der Waals surface area (Å²) in [5.74, 6) is -0.673. The van der Waals surface area contributed by atoms with Crippen molar-refractivity contribution in [3.05, 3.63) is 65.4 Å². The van der Waals surface area contributed by atoms with E-state index in [2.05, 4.69) is 24.9 Å². The van der Waals surface area contributed by atoms with Crippen LogP contribution in [0, 0.1) is 0 Å². The number of nitrogens with zero attached hydrogens (tertiary/aromatic N) is 4. The summed E-state index contributed by atoms with van der Waals surface area (Å²) in [6.45, 7) is 0.982. The monoisotopic (exact) mass is 363 g/mol. The SMILES string of the molecule is COC(=O)c1ccc(C(=O)N2CCc3nnc(-c4ccncc4)cc3C2)[nH]1. The number of hydrogen-bond acceptors (Lipinski definition) is 6. The Kier molecular flexibility index (Phi) is 4.37. The summed E-state index contributed by atoms with van der Waals surface area (Å²) in [7, 11) is 1.30. The molecule has 0 bridgehead atoms. The van der Waals surface area contributed by atoms with E-state index in [0.717, 1.165) is 22.5 Å². The van der Waals surface area contributed by atoms with E-state index in [1.54, 1.807) is 29.4 Å². The van der Waals surface area contributed by atoms with E-state index in [1.807, 2.05) is 18.2 Å². The minimum Gasteiger partial charge on any atom is -0.464 e. The van der Waals surface area contributed by atoms with Crippen LogP contribution in [0.1, 0.15) is 32.2 Å². The normalized spacial score (nSPS) is 13.1. The molecule has 0 radical (unpaired) electrons. The summed E-state index contributed by atoms with van der Waals surface area (Å²) in [6, 6.07) is 8.85. The maximum Gasteiger partial charge on any atom is 0.354 e. The van der Waals surface area contributed by atoms with Crippen LogP contribution in [0.2, 0.25) is 0 Å². The molecule has 0 saturated heterocycles. The first-order chi connectivity index (χ1) is 13.2. The largest absolute Gasteiger partial charge is 0.464 e. The lowest BCUT2D eigenvalue weighted by Gasteiger charge is -2.27. The fourth-order valence-electron chi connectivity index (χ4n) is 3.08. The Morgan fingerprint density at radius 3 is 2.67 bits per heavy atom. The van der Waals surface area contributed by atoms with Crippen molar-refractivity contribution in [2.75, 3.05) is 13.7 Å². The second-order valence-corrected chi connectivity index (χ2v) is 6.19. The summed E-state index contributed by atoms with van der Waals surface area (Å²) in [5, 5.41) is 8.61. The molecule has 1 aliphatic rings. The van der Waals surface area contributed by atoms with Gasteiger partial charge in [0.15, 0.2) is 0 Å². The molecule has 3 aromatic heterocycles. The van der Waals surface area contributed by atoms with Crippen molar-refractivity contribution in [3.63, 3.8) is 0 Å². The molecule has 4 heterocycles. The van der Waals surface area contributed by atoms with Gasteiger partial charge >= 0.3 is 5.97 Å². The van der Waals surface area contributed by atoms with Gasteiger partial charge in [0, 0.05) is 37.5 Å². The van der Waals surface area contributed by atoms with Gasteiger partial charge < -0.3 is 14.6 Å². The maximum atomic E-state index is 12.8. The van der Waals surface area contributed by atoms with E-state index in [0.29, 0.717) is 25.2 Å². The third-order valence-electron chi connectivity index (χ3n) is 4.52. The fourth-order valence-corrected chi connectivity index (χ4v) is 3.08. The summed E-state index contributed by atoms with van der Waals surface area (Å²) < 4.78 is 4.66. The van der Waals surface area contributed by atoms with Gasteiger partial charge in [0.05, 0.1) is 18.5 Å². The summed E-state index contributed by atoms with van der Waals surface area (Å²) in [4.78, 5) is 32.9. The Morgan fingerprint density at radius 2 is 1.89 bits per heavy atom. The van der Waals surface area contributed by atoms with Gasteiger partial charge in [-0.3, -0.25) is 9.78 Å². The van der Waals surface area contributed by atoms with Crippen LogP contribution in [0.15, 0.2) is 42.7 Å². The second kappa shape index (κ2) is 6.99. The molecule has 1 aliphatic heterocycles. The average molecular weight is 363 g/mol. The number of rotatable bonds is 3. The molecule has 1 N–H and O–H groups in total. The van der Waals surface area contributed by atoms with Crippen LogP contribution in [0.25, 0.3) is 11.3 Å². The van der Waals surface area contributed by atoms with Gasteiger partial charge in [-0.05, 0) is 35.9 Å². The van der Waals surface area contributed by atoms with Gasteiger partial charge in [0.25, 0.3) is 5.91 Å². The van der Waals surface area contributed by atoms with Crippen LogP contribution in [0.3, 0.4) is 0 Å². The number of methoxy groups -OCH3 is 1. The first-order valence-corrected chi connectivity index (χ1v) is 8.48. The molecule has 4 rings (SSSR count). The third kappa shape index (κ3) is 3.29.